The van der Waals surface area contributed by atoms with E-state index in [1.165, 1.54) is 89.9 Å². The molecule has 226 valence electrons. The summed E-state index contributed by atoms with van der Waals surface area (Å²) in [4.78, 5) is 18.9. The third-order valence-electron chi connectivity index (χ3n) is 8.74. The van der Waals surface area contributed by atoms with Gasteiger partial charge in [-0.3, -0.25) is 9.69 Å². The van der Waals surface area contributed by atoms with Crippen molar-refractivity contribution in [3.8, 4) is 0 Å². The van der Waals surface area contributed by atoms with E-state index in [-0.39, 0.29) is 18.1 Å². The molecule has 40 heavy (non-hydrogen) atoms. The molecule has 0 saturated carbocycles. The van der Waals surface area contributed by atoms with Gasteiger partial charge in [0.1, 0.15) is 12.1 Å². The number of cyclic esters (lactones) is 1. The zero-order valence-electron chi connectivity index (χ0n) is 25.7. The second-order valence-electron chi connectivity index (χ2n) is 12.3. The van der Waals surface area contributed by atoms with E-state index >= 15 is 0 Å². The Hall–Kier alpha value is -1.85. The largest absolute Gasteiger partial charge is 0.460 e. The van der Waals surface area contributed by atoms with Crippen molar-refractivity contribution in [2.24, 2.45) is 0 Å². The fourth-order valence-electron chi connectivity index (χ4n) is 6.27. The first-order valence-electron chi connectivity index (χ1n) is 16.8. The molecule has 1 aliphatic rings. The van der Waals surface area contributed by atoms with Crippen LogP contribution in [0, 0.1) is 0 Å². The number of para-hydroxylation sites is 1. The third-order valence-corrected chi connectivity index (χ3v) is 8.74. The summed E-state index contributed by atoms with van der Waals surface area (Å²) in [7, 11) is 0. The molecule has 2 heterocycles. The van der Waals surface area contributed by atoms with Crippen LogP contribution in [0.5, 0.6) is 0 Å². The highest BCUT2D eigenvalue weighted by Gasteiger charge is 2.37. The van der Waals surface area contributed by atoms with E-state index in [9.17, 15) is 9.90 Å². The van der Waals surface area contributed by atoms with Gasteiger partial charge in [0.05, 0.1) is 6.10 Å². The average molecular weight is 555 g/mol. The van der Waals surface area contributed by atoms with E-state index in [1.807, 2.05) is 18.3 Å². The molecule has 0 radical (unpaired) electrons. The number of hydrogen-bond acceptors (Lipinski definition) is 4. The van der Waals surface area contributed by atoms with Gasteiger partial charge >= 0.3 is 5.97 Å². The number of carbonyl (C=O) groups excluding carboxylic acids is 1. The molecule has 1 aliphatic heterocycles. The number of hydrogen-bond donors (Lipinski definition) is 2. The minimum Gasteiger partial charge on any atom is -0.460 e. The van der Waals surface area contributed by atoms with E-state index in [1.54, 1.807) is 0 Å². The molecular weight excluding hydrogens is 496 g/mol. The van der Waals surface area contributed by atoms with Gasteiger partial charge in [0, 0.05) is 36.6 Å². The lowest BCUT2D eigenvalue weighted by Gasteiger charge is -2.39. The summed E-state index contributed by atoms with van der Waals surface area (Å²) >= 11 is 0. The zero-order valence-corrected chi connectivity index (χ0v) is 25.7. The number of esters is 1. The molecule has 3 rings (SSSR count). The lowest BCUT2D eigenvalue weighted by Crippen LogP contribution is -2.55. The van der Waals surface area contributed by atoms with Crippen LogP contribution in [0.2, 0.25) is 0 Å². The van der Waals surface area contributed by atoms with Gasteiger partial charge in [-0.1, -0.05) is 128 Å². The Labute approximate surface area is 244 Å². The highest BCUT2D eigenvalue weighted by Crippen LogP contribution is 2.26. The molecule has 3 unspecified atom stereocenters. The van der Waals surface area contributed by atoms with Crippen molar-refractivity contribution in [3.05, 3.63) is 36.0 Å². The Morgan fingerprint density at radius 2 is 1.48 bits per heavy atom. The topological polar surface area (TPSA) is 65.6 Å². The summed E-state index contributed by atoms with van der Waals surface area (Å²) in [6, 6.07) is 7.91. The summed E-state index contributed by atoms with van der Waals surface area (Å²) in [5, 5.41) is 12.2. The number of β-amino-alcohol motifs (C(OH)–C–C–N with tert-alkyl or cyclic N) is 1. The molecule has 5 heteroatoms. The van der Waals surface area contributed by atoms with Crippen LogP contribution in [0.25, 0.3) is 10.9 Å². The standard InChI is InChI=1S/C35H58N2O3/c1-3-5-7-9-11-13-15-17-21-30(38)27-37-28-31(22-18-16-14-12-10-8-6-4-2)40-35(39)34(37)25-29-26-36-33-24-20-19-23-32(29)33/h19-20,23-24,26,30-31,34,36,38H,3-18,21-22,25,27-28H2,1-2H3. The van der Waals surface area contributed by atoms with E-state index in [0.29, 0.717) is 13.0 Å². The summed E-state index contributed by atoms with van der Waals surface area (Å²) in [6.07, 6.45) is 24.3. The van der Waals surface area contributed by atoms with Crippen molar-refractivity contribution >= 4 is 16.9 Å². The van der Waals surface area contributed by atoms with Crippen LogP contribution in [0.3, 0.4) is 0 Å². The molecule has 0 aliphatic carbocycles. The second kappa shape index (κ2) is 19.3. The van der Waals surface area contributed by atoms with Crippen molar-refractivity contribution < 1.29 is 14.6 Å². The highest BCUT2D eigenvalue weighted by atomic mass is 16.5. The monoisotopic (exact) mass is 554 g/mol. The van der Waals surface area contributed by atoms with Crippen molar-refractivity contribution in [1.82, 2.24) is 9.88 Å². The van der Waals surface area contributed by atoms with Gasteiger partial charge in [-0.05, 0) is 30.9 Å². The maximum Gasteiger partial charge on any atom is 0.324 e. The molecular formula is C35H58N2O3. The molecule has 0 spiro atoms. The number of aromatic nitrogens is 1. The second-order valence-corrected chi connectivity index (χ2v) is 12.3. The summed E-state index contributed by atoms with van der Waals surface area (Å²) in [5.41, 5.74) is 2.23. The fourth-order valence-corrected chi connectivity index (χ4v) is 6.27. The average Bonchev–Trinajstić information content (AvgIpc) is 3.36. The SMILES string of the molecule is CCCCCCCCCCC(O)CN1CC(CCCCCCCCCC)OC(=O)C1Cc1c[nH]c2ccccc12. The minimum atomic E-state index is -0.403. The normalized spacial score (nSPS) is 18.8. The summed E-state index contributed by atoms with van der Waals surface area (Å²) in [5.74, 6) is -0.125. The number of aliphatic hydroxyl groups is 1. The molecule has 1 aromatic carbocycles. The number of benzene rings is 1. The van der Waals surface area contributed by atoms with Crippen molar-refractivity contribution in [2.45, 2.75) is 154 Å². The number of ether oxygens (including phenoxy) is 1. The van der Waals surface area contributed by atoms with Crippen LogP contribution >= 0.6 is 0 Å². The molecule has 1 saturated heterocycles. The molecule has 1 aromatic heterocycles. The Kier molecular flexibility index (Phi) is 15.8. The smallest absolute Gasteiger partial charge is 0.324 e. The molecule has 0 bridgehead atoms. The Balaban J connectivity index is 1.50. The Bertz CT molecular complexity index is 940. The first-order chi connectivity index (χ1) is 19.6. The van der Waals surface area contributed by atoms with Crippen molar-refractivity contribution in [2.75, 3.05) is 13.1 Å². The molecule has 0 amide bonds. The number of nitrogens with one attached hydrogen (secondary N) is 1. The maximum atomic E-state index is 13.3. The number of rotatable bonds is 22. The Morgan fingerprint density at radius 1 is 0.875 bits per heavy atom. The quantitative estimate of drug-likeness (QED) is 0.113. The predicted octanol–water partition coefficient (Wildman–Crippen LogP) is 8.73. The highest BCUT2D eigenvalue weighted by molar-refractivity contribution is 5.84. The van der Waals surface area contributed by atoms with Gasteiger partial charge in [0.2, 0.25) is 0 Å². The molecule has 5 nitrogen and oxygen atoms in total. The number of unbranched alkanes of at least 4 members (excludes halogenated alkanes) is 14. The molecule has 3 atom stereocenters. The van der Waals surface area contributed by atoms with E-state index in [0.717, 1.165) is 48.7 Å². The van der Waals surface area contributed by atoms with Crippen LogP contribution in [-0.2, 0) is 16.0 Å². The first kappa shape index (κ1) is 32.7. The molecule has 1 fully saturated rings. The number of aliphatic hydroxyl groups excluding tert-OH is 1. The van der Waals surface area contributed by atoms with Gasteiger partial charge in [0.25, 0.3) is 0 Å². The number of morpholine rings is 1. The number of H-pyrrole nitrogens is 1. The Morgan fingerprint density at radius 3 is 2.15 bits per heavy atom. The van der Waals surface area contributed by atoms with Gasteiger partial charge in [0.15, 0.2) is 0 Å². The number of carbonyl (C=O) groups is 1. The zero-order chi connectivity index (χ0) is 28.4. The van der Waals surface area contributed by atoms with E-state index < -0.39 is 6.10 Å². The number of nitrogens with zero attached hydrogens (tertiary/aromatic N) is 1. The maximum absolute atomic E-state index is 13.3. The molecule has 2 N–H and O–H groups in total. The van der Waals surface area contributed by atoms with Gasteiger partial charge in [-0.25, -0.2) is 0 Å². The summed E-state index contributed by atoms with van der Waals surface area (Å²) in [6.45, 7) is 5.79. The van der Waals surface area contributed by atoms with Crippen molar-refractivity contribution in [3.63, 3.8) is 0 Å². The van der Waals surface area contributed by atoms with Gasteiger partial charge in [-0.15, -0.1) is 0 Å². The number of fused-ring (bicyclic) bond motifs is 1. The van der Waals surface area contributed by atoms with Crippen LogP contribution < -0.4 is 0 Å². The van der Waals surface area contributed by atoms with E-state index in [4.69, 9.17) is 4.74 Å². The van der Waals surface area contributed by atoms with E-state index in [2.05, 4.69) is 35.9 Å². The van der Waals surface area contributed by atoms with Crippen LogP contribution in [0.1, 0.15) is 135 Å². The first-order valence-corrected chi connectivity index (χ1v) is 16.8. The number of aromatic amines is 1. The minimum absolute atomic E-state index is 0.0675. The van der Waals surface area contributed by atoms with Crippen molar-refractivity contribution in [1.29, 1.82) is 0 Å². The van der Waals surface area contributed by atoms with Crippen LogP contribution in [-0.4, -0.2) is 52.3 Å². The van der Waals surface area contributed by atoms with Gasteiger partial charge < -0.3 is 14.8 Å². The van der Waals surface area contributed by atoms with Gasteiger partial charge in [-0.2, -0.15) is 0 Å². The summed E-state index contributed by atoms with van der Waals surface area (Å²) < 4.78 is 6.01. The lowest BCUT2D eigenvalue weighted by molar-refractivity contribution is -0.168. The predicted molar refractivity (Wildman–Crippen MR) is 168 cm³/mol. The molecule has 2 aromatic rings. The third kappa shape index (κ3) is 11.6. The van der Waals surface area contributed by atoms with Crippen LogP contribution in [0.15, 0.2) is 30.5 Å². The van der Waals surface area contributed by atoms with Crippen LogP contribution in [0.4, 0.5) is 0 Å². The lowest BCUT2D eigenvalue weighted by atomic mass is 9.99. The fraction of sp³-hybridized carbons (Fsp3) is 0.743.